The van der Waals surface area contributed by atoms with E-state index in [0.29, 0.717) is 5.76 Å². The number of carbonyl (C=O) groups excluding carboxylic acids is 1. The summed E-state index contributed by atoms with van der Waals surface area (Å²) >= 11 is 1.66. The second kappa shape index (κ2) is 4.90. The van der Waals surface area contributed by atoms with Crippen molar-refractivity contribution in [3.63, 3.8) is 0 Å². The van der Waals surface area contributed by atoms with Gasteiger partial charge in [0, 0.05) is 10.6 Å². The zero-order valence-corrected chi connectivity index (χ0v) is 9.58. The highest BCUT2D eigenvalue weighted by Gasteiger charge is 2.07. The van der Waals surface area contributed by atoms with Crippen molar-refractivity contribution in [3.05, 3.63) is 48.4 Å². The van der Waals surface area contributed by atoms with E-state index in [9.17, 15) is 4.79 Å². The Kier molecular flexibility index (Phi) is 3.31. The zero-order valence-electron chi connectivity index (χ0n) is 8.77. The number of furan rings is 1. The molecular formula is C12H11NO2S. The number of thioether (sulfide) groups is 1. The SMILES string of the molecule is CSc1ccc(NC(=O)c2ccco2)cc1. The molecule has 0 bridgehead atoms. The van der Waals surface area contributed by atoms with Gasteiger partial charge in [0.25, 0.3) is 5.91 Å². The van der Waals surface area contributed by atoms with Crippen molar-refractivity contribution in [2.75, 3.05) is 11.6 Å². The number of hydrogen-bond acceptors (Lipinski definition) is 3. The zero-order chi connectivity index (χ0) is 11.4. The Morgan fingerprint density at radius 1 is 1.25 bits per heavy atom. The minimum Gasteiger partial charge on any atom is -0.459 e. The van der Waals surface area contributed by atoms with E-state index < -0.39 is 0 Å². The predicted octanol–water partition coefficient (Wildman–Crippen LogP) is 3.25. The molecule has 1 N–H and O–H groups in total. The molecule has 82 valence electrons. The standard InChI is InChI=1S/C12H11NO2S/c1-16-10-6-4-9(5-7-10)13-12(14)11-3-2-8-15-11/h2-8H,1H3,(H,13,14). The molecule has 0 saturated heterocycles. The first kappa shape index (κ1) is 10.8. The molecular weight excluding hydrogens is 222 g/mol. The molecule has 0 aliphatic carbocycles. The molecule has 0 aliphatic heterocycles. The predicted molar refractivity (Wildman–Crippen MR) is 64.9 cm³/mol. The number of carbonyl (C=O) groups is 1. The van der Waals surface area contributed by atoms with Gasteiger partial charge in [-0.25, -0.2) is 0 Å². The molecule has 0 radical (unpaired) electrons. The number of hydrogen-bond donors (Lipinski definition) is 1. The quantitative estimate of drug-likeness (QED) is 0.827. The van der Waals surface area contributed by atoms with Gasteiger partial charge >= 0.3 is 0 Å². The van der Waals surface area contributed by atoms with Crippen molar-refractivity contribution >= 4 is 23.4 Å². The molecule has 0 aliphatic rings. The third kappa shape index (κ3) is 2.46. The Labute approximate surface area is 97.8 Å². The summed E-state index contributed by atoms with van der Waals surface area (Å²) in [7, 11) is 0. The number of amides is 1. The summed E-state index contributed by atoms with van der Waals surface area (Å²) in [5, 5.41) is 2.75. The first-order valence-electron chi connectivity index (χ1n) is 4.78. The molecule has 4 heteroatoms. The van der Waals surface area contributed by atoms with Crippen molar-refractivity contribution in [1.82, 2.24) is 0 Å². The fourth-order valence-electron chi connectivity index (χ4n) is 1.27. The molecule has 2 aromatic rings. The van der Waals surface area contributed by atoms with Crippen LogP contribution in [-0.4, -0.2) is 12.2 Å². The molecule has 0 unspecified atom stereocenters. The summed E-state index contributed by atoms with van der Waals surface area (Å²) in [6.07, 6.45) is 3.49. The minimum atomic E-state index is -0.234. The van der Waals surface area contributed by atoms with Crippen LogP contribution in [0, 0.1) is 0 Å². The van der Waals surface area contributed by atoms with Crippen LogP contribution in [0.4, 0.5) is 5.69 Å². The average molecular weight is 233 g/mol. The van der Waals surface area contributed by atoms with Crippen LogP contribution in [0.15, 0.2) is 52.0 Å². The van der Waals surface area contributed by atoms with E-state index in [-0.39, 0.29) is 5.91 Å². The van der Waals surface area contributed by atoms with Crippen molar-refractivity contribution in [2.45, 2.75) is 4.90 Å². The summed E-state index contributed by atoms with van der Waals surface area (Å²) in [5.74, 6) is 0.0795. The Morgan fingerprint density at radius 2 is 2.00 bits per heavy atom. The maximum atomic E-state index is 11.6. The summed E-state index contributed by atoms with van der Waals surface area (Å²) in [4.78, 5) is 12.8. The van der Waals surface area contributed by atoms with Crippen molar-refractivity contribution in [1.29, 1.82) is 0 Å². The lowest BCUT2D eigenvalue weighted by Crippen LogP contribution is -2.10. The van der Waals surface area contributed by atoms with E-state index in [2.05, 4.69) is 5.32 Å². The molecule has 0 atom stereocenters. The van der Waals surface area contributed by atoms with Crippen molar-refractivity contribution < 1.29 is 9.21 Å². The van der Waals surface area contributed by atoms with Crippen molar-refractivity contribution in [3.8, 4) is 0 Å². The van der Waals surface area contributed by atoms with Crippen LogP contribution in [0.3, 0.4) is 0 Å². The van der Waals surface area contributed by atoms with E-state index >= 15 is 0 Å². The van der Waals surface area contributed by atoms with Crippen LogP contribution in [0.25, 0.3) is 0 Å². The monoisotopic (exact) mass is 233 g/mol. The number of nitrogens with one attached hydrogen (secondary N) is 1. The second-order valence-corrected chi connectivity index (χ2v) is 4.04. The highest BCUT2D eigenvalue weighted by atomic mass is 32.2. The Hall–Kier alpha value is -1.68. The Morgan fingerprint density at radius 3 is 2.56 bits per heavy atom. The number of benzene rings is 1. The lowest BCUT2D eigenvalue weighted by molar-refractivity contribution is 0.0996. The largest absolute Gasteiger partial charge is 0.459 e. The third-order valence-corrected chi connectivity index (χ3v) is 2.84. The second-order valence-electron chi connectivity index (χ2n) is 3.16. The molecule has 1 amide bonds. The normalized spacial score (nSPS) is 10.1. The Balaban J connectivity index is 2.06. The van der Waals surface area contributed by atoms with Crippen LogP contribution in [0.2, 0.25) is 0 Å². The van der Waals surface area contributed by atoms with Gasteiger partial charge in [0.1, 0.15) is 0 Å². The van der Waals surface area contributed by atoms with Crippen LogP contribution in [0.1, 0.15) is 10.6 Å². The van der Waals surface area contributed by atoms with Crippen LogP contribution in [0.5, 0.6) is 0 Å². The maximum Gasteiger partial charge on any atom is 0.291 e. The first-order valence-corrected chi connectivity index (χ1v) is 6.01. The highest BCUT2D eigenvalue weighted by molar-refractivity contribution is 7.98. The molecule has 16 heavy (non-hydrogen) atoms. The van der Waals surface area contributed by atoms with Crippen molar-refractivity contribution in [2.24, 2.45) is 0 Å². The van der Waals surface area contributed by atoms with Crippen LogP contribution < -0.4 is 5.32 Å². The number of anilines is 1. The van der Waals surface area contributed by atoms with E-state index in [1.165, 1.54) is 6.26 Å². The first-order chi connectivity index (χ1) is 7.79. The number of rotatable bonds is 3. The molecule has 3 nitrogen and oxygen atoms in total. The Bertz CT molecular complexity index is 462. The fourth-order valence-corrected chi connectivity index (χ4v) is 1.68. The fraction of sp³-hybridized carbons (Fsp3) is 0.0833. The van der Waals surface area contributed by atoms with E-state index in [4.69, 9.17) is 4.42 Å². The summed E-state index contributed by atoms with van der Waals surface area (Å²) in [6.45, 7) is 0. The van der Waals surface area contributed by atoms with Gasteiger partial charge in [0.15, 0.2) is 5.76 Å². The summed E-state index contributed by atoms with van der Waals surface area (Å²) < 4.78 is 5.00. The molecule has 0 saturated carbocycles. The van der Waals surface area contributed by atoms with Gasteiger partial charge in [0.05, 0.1) is 6.26 Å². The minimum absolute atomic E-state index is 0.234. The molecule has 1 aromatic heterocycles. The third-order valence-electron chi connectivity index (χ3n) is 2.09. The van der Waals surface area contributed by atoms with E-state index in [1.54, 1.807) is 23.9 Å². The highest BCUT2D eigenvalue weighted by Crippen LogP contribution is 2.18. The van der Waals surface area contributed by atoms with Crippen LogP contribution in [-0.2, 0) is 0 Å². The van der Waals surface area contributed by atoms with E-state index in [0.717, 1.165) is 10.6 Å². The van der Waals surface area contributed by atoms with Gasteiger partial charge in [0.2, 0.25) is 0 Å². The lowest BCUT2D eigenvalue weighted by Gasteiger charge is -2.03. The molecule has 1 aromatic carbocycles. The molecule has 1 heterocycles. The summed E-state index contributed by atoms with van der Waals surface area (Å²) in [5.41, 5.74) is 0.763. The van der Waals surface area contributed by atoms with Gasteiger partial charge in [-0.3, -0.25) is 4.79 Å². The van der Waals surface area contributed by atoms with Gasteiger partial charge in [-0.05, 0) is 42.7 Å². The smallest absolute Gasteiger partial charge is 0.291 e. The average Bonchev–Trinajstić information content (AvgIpc) is 2.83. The van der Waals surface area contributed by atoms with Crippen LogP contribution >= 0.6 is 11.8 Å². The van der Waals surface area contributed by atoms with Gasteiger partial charge in [-0.1, -0.05) is 0 Å². The van der Waals surface area contributed by atoms with Gasteiger partial charge < -0.3 is 9.73 Å². The molecule has 0 spiro atoms. The topological polar surface area (TPSA) is 42.2 Å². The van der Waals surface area contributed by atoms with E-state index in [1.807, 2.05) is 30.5 Å². The van der Waals surface area contributed by atoms with Gasteiger partial charge in [-0.15, -0.1) is 11.8 Å². The molecule has 2 rings (SSSR count). The van der Waals surface area contributed by atoms with Gasteiger partial charge in [-0.2, -0.15) is 0 Å². The molecule has 0 fully saturated rings. The summed E-state index contributed by atoms with van der Waals surface area (Å²) in [6, 6.07) is 11.0. The maximum absolute atomic E-state index is 11.6. The lowest BCUT2D eigenvalue weighted by atomic mass is 10.3.